The van der Waals surface area contributed by atoms with Crippen LogP contribution in [-0.4, -0.2) is 12.1 Å². The Balaban J connectivity index is 1.51. The second-order valence-electron chi connectivity index (χ2n) is 15.2. The summed E-state index contributed by atoms with van der Waals surface area (Å²) in [6, 6.07) is 0. The van der Waals surface area contributed by atoms with Crippen LogP contribution in [0, 0.1) is 56.7 Å². The van der Waals surface area contributed by atoms with Gasteiger partial charge in [-0.25, -0.2) is 0 Å². The van der Waals surface area contributed by atoms with Crippen LogP contribution in [0.3, 0.4) is 0 Å². The molecule has 192 valence electrons. The molecule has 5 aliphatic rings. The molecule has 0 heterocycles. The molecule has 0 saturated heterocycles. The molecule has 0 aromatic heterocycles. The van der Waals surface area contributed by atoms with Crippen LogP contribution in [0.2, 0.25) is 0 Å². The highest BCUT2D eigenvalue weighted by molar-refractivity contribution is 5.66. The van der Waals surface area contributed by atoms with Gasteiger partial charge in [-0.15, -0.1) is 0 Å². The maximum absolute atomic E-state index is 11.8. The molecule has 0 unspecified atom stereocenters. The van der Waals surface area contributed by atoms with Crippen molar-refractivity contribution in [2.75, 3.05) is 0 Å². The molecule has 34 heavy (non-hydrogen) atoms. The normalized spacial score (nSPS) is 51.6. The molecule has 0 radical (unpaired) electrons. The Kier molecular flexibility index (Phi) is 5.57. The molecule has 0 aliphatic heterocycles. The van der Waals surface area contributed by atoms with Crippen LogP contribution in [0.15, 0.2) is 11.6 Å². The van der Waals surface area contributed by atoms with Crippen molar-refractivity contribution in [1.29, 1.82) is 0 Å². The van der Waals surface area contributed by atoms with E-state index in [4.69, 9.17) is 4.74 Å². The molecule has 5 rings (SSSR count). The summed E-state index contributed by atoms with van der Waals surface area (Å²) in [6.45, 7) is 22.0. The van der Waals surface area contributed by atoms with Gasteiger partial charge >= 0.3 is 5.97 Å². The minimum atomic E-state index is -0.125. The fraction of sp³-hybridized carbons (Fsp3) is 0.906. The highest BCUT2D eigenvalue weighted by Crippen LogP contribution is 2.77. The molecular formula is C32H52O2. The number of fused-ring (bicyclic) bond motifs is 7. The fourth-order valence-electron chi connectivity index (χ4n) is 11.6. The predicted molar refractivity (Wildman–Crippen MR) is 140 cm³/mol. The van der Waals surface area contributed by atoms with Gasteiger partial charge in [0, 0.05) is 12.3 Å². The summed E-state index contributed by atoms with van der Waals surface area (Å²) in [5.74, 6) is 3.90. The standard InChI is InChI=1S/C32H52O2/c1-20(2)22-10-13-25-29(22,6)16-18-32(9)26-14-11-23-24(30(26,7)17-19-31(25,32)8)12-15-27(28(23,4)5)34-21(3)33/h11,20,22,24-27H,10,12-19H2,1-9H3/t22-,24-,25-,26+,27+,29-,30+,31+,32-/m1/s1. The van der Waals surface area contributed by atoms with E-state index in [-0.39, 0.29) is 17.5 Å². The van der Waals surface area contributed by atoms with Gasteiger partial charge in [-0.1, -0.05) is 67.0 Å². The lowest BCUT2D eigenvalue weighted by molar-refractivity contribution is -0.214. The first kappa shape index (κ1) is 24.9. The van der Waals surface area contributed by atoms with Gasteiger partial charge in [0.05, 0.1) is 0 Å². The van der Waals surface area contributed by atoms with Crippen molar-refractivity contribution in [2.24, 2.45) is 56.7 Å². The average Bonchev–Trinajstić information content (AvgIpc) is 3.10. The van der Waals surface area contributed by atoms with E-state index in [1.54, 1.807) is 12.5 Å². The molecule has 0 aromatic carbocycles. The lowest BCUT2D eigenvalue weighted by Gasteiger charge is -2.71. The summed E-state index contributed by atoms with van der Waals surface area (Å²) in [5, 5.41) is 0. The third kappa shape index (κ3) is 3.01. The monoisotopic (exact) mass is 468 g/mol. The van der Waals surface area contributed by atoms with Crippen molar-refractivity contribution in [2.45, 2.75) is 126 Å². The molecule has 0 amide bonds. The molecule has 4 fully saturated rings. The number of rotatable bonds is 2. The van der Waals surface area contributed by atoms with Crippen molar-refractivity contribution in [1.82, 2.24) is 0 Å². The highest BCUT2D eigenvalue weighted by atomic mass is 16.5. The highest BCUT2D eigenvalue weighted by Gasteiger charge is 2.70. The summed E-state index contributed by atoms with van der Waals surface area (Å²) >= 11 is 0. The van der Waals surface area contributed by atoms with E-state index in [9.17, 15) is 4.79 Å². The number of hydrogen-bond acceptors (Lipinski definition) is 2. The smallest absolute Gasteiger partial charge is 0.302 e. The largest absolute Gasteiger partial charge is 0.462 e. The van der Waals surface area contributed by atoms with Gasteiger partial charge in [-0.2, -0.15) is 0 Å². The van der Waals surface area contributed by atoms with Gasteiger partial charge < -0.3 is 4.74 Å². The topological polar surface area (TPSA) is 26.3 Å². The first-order valence-corrected chi connectivity index (χ1v) is 14.6. The summed E-state index contributed by atoms with van der Waals surface area (Å²) < 4.78 is 5.85. The molecule has 2 nitrogen and oxygen atoms in total. The first-order valence-electron chi connectivity index (χ1n) is 14.6. The minimum Gasteiger partial charge on any atom is -0.462 e. The van der Waals surface area contributed by atoms with Gasteiger partial charge in [-0.05, 0) is 109 Å². The van der Waals surface area contributed by atoms with Crippen LogP contribution < -0.4 is 0 Å². The number of esters is 1. The number of hydrogen-bond donors (Lipinski definition) is 0. The molecule has 0 aromatic rings. The molecule has 0 N–H and O–H groups in total. The Morgan fingerprint density at radius 1 is 0.853 bits per heavy atom. The zero-order valence-corrected chi connectivity index (χ0v) is 23.7. The van der Waals surface area contributed by atoms with Crippen molar-refractivity contribution < 1.29 is 9.53 Å². The van der Waals surface area contributed by atoms with Crippen LogP contribution in [0.5, 0.6) is 0 Å². The average molecular weight is 469 g/mol. The number of carbonyl (C=O) groups excluding carboxylic acids is 1. The van der Waals surface area contributed by atoms with Crippen LogP contribution in [0.1, 0.15) is 120 Å². The van der Waals surface area contributed by atoms with Gasteiger partial charge in [-0.3, -0.25) is 4.79 Å². The maximum Gasteiger partial charge on any atom is 0.302 e. The van der Waals surface area contributed by atoms with E-state index < -0.39 is 0 Å². The molecule has 9 atom stereocenters. The van der Waals surface area contributed by atoms with Crippen molar-refractivity contribution in [3.05, 3.63) is 11.6 Å². The van der Waals surface area contributed by atoms with E-state index >= 15 is 0 Å². The fourth-order valence-corrected chi connectivity index (χ4v) is 11.6. The van der Waals surface area contributed by atoms with Crippen LogP contribution in [0.4, 0.5) is 0 Å². The Hall–Kier alpha value is -0.790. The van der Waals surface area contributed by atoms with Gasteiger partial charge in [0.25, 0.3) is 0 Å². The first-order chi connectivity index (χ1) is 15.7. The van der Waals surface area contributed by atoms with Gasteiger partial charge in [0.15, 0.2) is 0 Å². The van der Waals surface area contributed by atoms with E-state index in [1.807, 2.05) is 0 Å². The quantitative estimate of drug-likeness (QED) is 0.299. The summed E-state index contributed by atoms with van der Waals surface area (Å²) in [5.41, 5.74) is 3.36. The lowest BCUT2D eigenvalue weighted by atomic mass is 9.33. The Labute approximate surface area is 210 Å². The van der Waals surface area contributed by atoms with E-state index in [0.717, 1.165) is 30.1 Å². The second-order valence-corrected chi connectivity index (χ2v) is 15.2. The van der Waals surface area contributed by atoms with Crippen LogP contribution >= 0.6 is 0 Å². The summed E-state index contributed by atoms with van der Waals surface area (Å²) in [4.78, 5) is 11.8. The lowest BCUT2D eigenvalue weighted by Crippen LogP contribution is -2.64. The van der Waals surface area contributed by atoms with E-state index in [2.05, 4.69) is 61.5 Å². The van der Waals surface area contributed by atoms with Crippen molar-refractivity contribution in [3.8, 4) is 0 Å². The number of ether oxygens (including phenoxy) is 1. The van der Waals surface area contributed by atoms with E-state index in [0.29, 0.717) is 27.6 Å². The molecule has 2 heteroatoms. The zero-order chi connectivity index (χ0) is 24.9. The molecular weight excluding hydrogens is 416 g/mol. The van der Waals surface area contributed by atoms with Crippen LogP contribution in [0.25, 0.3) is 0 Å². The van der Waals surface area contributed by atoms with E-state index in [1.165, 1.54) is 51.4 Å². The maximum atomic E-state index is 11.8. The molecule has 4 saturated carbocycles. The third-order valence-corrected chi connectivity index (χ3v) is 13.5. The molecule has 0 bridgehead atoms. The van der Waals surface area contributed by atoms with Crippen molar-refractivity contribution in [3.63, 3.8) is 0 Å². The summed E-state index contributed by atoms with van der Waals surface area (Å²) in [6.07, 6.45) is 14.6. The second kappa shape index (κ2) is 7.61. The van der Waals surface area contributed by atoms with Crippen molar-refractivity contribution >= 4 is 5.97 Å². The third-order valence-electron chi connectivity index (χ3n) is 13.5. The molecule has 5 aliphatic carbocycles. The summed E-state index contributed by atoms with van der Waals surface area (Å²) in [7, 11) is 0. The Morgan fingerprint density at radius 3 is 2.09 bits per heavy atom. The SMILES string of the molecule is CC(=O)O[C@H]1CC[C@@H]2C(=CC[C@H]3[C@@]2(C)CC[C@@]2(C)[C@@H]4CC[C@H](C(C)C)[C@@]4(C)CC[C@]32C)C1(C)C. The minimum absolute atomic E-state index is 0.0268. The van der Waals surface area contributed by atoms with Gasteiger partial charge in [0.2, 0.25) is 0 Å². The zero-order valence-electron chi connectivity index (χ0n) is 23.7. The molecule has 0 spiro atoms. The predicted octanol–water partition coefficient (Wildman–Crippen LogP) is 8.60. The number of allylic oxidation sites excluding steroid dienone is 1. The Morgan fingerprint density at radius 2 is 1.47 bits per heavy atom. The van der Waals surface area contributed by atoms with Gasteiger partial charge in [0.1, 0.15) is 6.10 Å². The number of carbonyl (C=O) groups is 1. The van der Waals surface area contributed by atoms with Crippen LogP contribution in [-0.2, 0) is 9.53 Å². The Bertz CT molecular complexity index is 883.